The van der Waals surface area contributed by atoms with Crippen LogP contribution >= 0.6 is 0 Å². The van der Waals surface area contributed by atoms with Gasteiger partial charge in [0.1, 0.15) is 5.58 Å². The number of nitrogens with zero attached hydrogens (tertiary/aromatic N) is 3. The number of fused-ring (bicyclic) bond motifs is 3. The third-order valence-corrected chi connectivity index (χ3v) is 11.5. The van der Waals surface area contributed by atoms with Crippen LogP contribution in [0.1, 0.15) is 78.8 Å². The van der Waals surface area contributed by atoms with Crippen molar-refractivity contribution in [3.8, 4) is 22.5 Å². The van der Waals surface area contributed by atoms with Crippen molar-refractivity contribution < 1.29 is 41.2 Å². The number of hydrogen-bond acceptors (Lipinski definition) is 4. The predicted molar refractivity (Wildman–Crippen MR) is 214 cm³/mol. The molecule has 1 aliphatic carbocycles. The largest absolute Gasteiger partial charge is 0.499 e. The number of pyridine rings is 3. The van der Waals surface area contributed by atoms with Gasteiger partial charge < -0.3 is 14.4 Å². The summed E-state index contributed by atoms with van der Waals surface area (Å²) in [5.74, 6) is -1.72. The topological polar surface area (TPSA) is 51.8 Å². The minimum Gasteiger partial charge on any atom is -0.499 e. The first kappa shape index (κ1) is 28.2. The van der Waals surface area contributed by atoms with E-state index in [1.54, 1.807) is 42.7 Å². The fourth-order valence-corrected chi connectivity index (χ4v) is 8.24. The van der Waals surface area contributed by atoms with Crippen LogP contribution in [0.2, 0.25) is 19.6 Å². The van der Waals surface area contributed by atoms with Crippen molar-refractivity contribution in [1.29, 1.82) is 0 Å². The normalized spacial score (nSPS) is 17.6. The van der Waals surface area contributed by atoms with Gasteiger partial charge in [-0.3, -0.25) is 9.37 Å². The minimum absolute atomic E-state index is 0. The molecular weight excluding hydrogens is 850 g/mol. The predicted octanol–water partition coefficient (Wildman–Crippen LogP) is 11.6. The summed E-state index contributed by atoms with van der Waals surface area (Å²) < 4.78 is 92.4. The number of halogens is 1. The Morgan fingerprint density at radius 3 is 2.49 bits per heavy atom. The summed E-state index contributed by atoms with van der Waals surface area (Å²) >= 11 is 0. The van der Waals surface area contributed by atoms with E-state index in [0.717, 1.165) is 48.1 Å². The first-order chi connectivity index (χ1) is 28.5. The van der Waals surface area contributed by atoms with Crippen LogP contribution in [0, 0.1) is 37.6 Å². The van der Waals surface area contributed by atoms with Crippen molar-refractivity contribution in [3.63, 3.8) is 0 Å². The minimum atomic E-state index is -2.40. The van der Waals surface area contributed by atoms with E-state index < -0.39 is 39.9 Å². The molecule has 1 saturated carbocycles. The summed E-state index contributed by atoms with van der Waals surface area (Å²) in [6, 6.07) is 29.7. The number of hydrogen-bond donors (Lipinski definition) is 0. The zero-order valence-corrected chi connectivity index (χ0v) is 33.5. The van der Waals surface area contributed by atoms with Crippen LogP contribution in [-0.2, 0) is 26.5 Å². The fourth-order valence-electron chi connectivity index (χ4n) is 6.72. The summed E-state index contributed by atoms with van der Waals surface area (Å²) in [6.07, 6.45) is 5.93. The van der Waals surface area contributed by atoms with Gasteiger partial charge in [0.25, 0.3) is 0 Å². The molecule has 0 spiro atoms. The van der Waals surface area contributed by atoms with Crippen LogP contribution in [0.3, 0.4) is 0 Å². The third-order valence-electron chi connectivity index (χ3n) is 9.48. The Hall–Kier alpha value is -4.29. The molecule has 7 heteroatoms. The Morgan fingerprint density at radius 2 is 1.75 bits per heavy atom. The molecule has 1 unspecified atom stereocenters. The van der Waals surface area contributed by atoms with Gasteiger partial charge in [0.15, 0.2) is 0 Å². The second kappa shape index (κ2) is 16.4. The van der Waals surface area contributed by atoms with Gasteiger partial charge in [-0.05, 0) is 70.4 Å². The molecule has 273 valence electrons. The number of rotatable bonds is 7. The Kier molecular flexibility index (Phi) is 8.71. The van der Waals surface area contributed by atoms with E-state index >= 15 is 0 Å². The Bertz CT molecular complexity index is 2710. The first-order valence-electron chi connectivity index (χ1n) is 22.1. The second-order valence-electron chi connectivity index (χ2n) is 14.3. The van der Waals surface area contributed by atoms with Gasteiger partial charge in [0, 0.05) is 62.2 Å². The molecular formula is C46H46FIrN3OSi-2. The number of furan rings is 1. The van der Waals surface area contributed by atoms with Crippen molar-refractivity contribution >= 4 is 35.3 Å². The zero-order chi connectivity index (χ0) is 44.1. The second-order valence-corrected chi connectivity index (χ2v) is 19.3. The van der Waals surface area contributed by atoms with Crippen molar-refractivity contribution in [1.82, 2.24) is 15.0 Å². The van der Waals surface area contributed by atoms with E-state index in [1.807, 2.05) is 43.3 Å². The molecule has 3 aromatic carbocycles. The van der Waals surface area contributed by atoms with Gasteiger partial charge in [-0.1, -0.05) is 113 Å². The standard InChI is InChI=1S/C23H25FNSi.C23H21N2O.Ir/c1-16-11-12-19(21(24)13-16)22-14-20(23(15-25-22)26(3,4)5)17(2)18-9-7-6-8-10-18;1-15-6-8-22-23(25-15)19-14-18(7-9-21(19)26-22)20-13-17(10-11-24-20)12-16-4-2-3-5-16;/h6-11,13-15,17H,1-5H3;6,8-11,13-14,16H,2-5,12H2,1H3;/q2*-1;/i1D3,17D;1D3,12D2;. The summed E-state index contributed by atoms with van der Waals surface area (Å²) in [4.78, 5) is 13.2. The molecule has 1 radical (unpaired) electrons. The molecule has 1 fully saturated rings. The van der Waals surface area contributed by atoms with Crippen molar-refractivity contribution in [2.24, 2.45) is 5.92 Å². The maximum Gasteiger partial charge on any atom is 0.139 e. The maximum atomic E-state index is 14.8. The van der Waals surface area contributed by atoms with E-state index in [9.17, 15) is 5.76 Å². The van der Waals surface area contributed by atoms with Crippen LogP contribution in [0.5, 0.6) is 0 Å². The summed E-state index contributed by atoms with van der Waals surface area (Å²) in [5, 5.41) is 1.72. The van der Waals surface area contributed by atoms with Crippen LogP contribution in [0.4, 0.5) is 4.39 Å². The van der Waals surface area contributed by atoms with Crippen molar-refractivity contribution in [2.45, 2.75) is 78.2 Å². The van der Waals surface area contributed by atoms with Gasteiger partial charge in [-0.2, -0.15) is 0 Å². The van der Waals surface area contributed by atoms with Crippen LogP contribution in [0.15, 0.2) is 102 Å². The Balaban J connectivity index is 0.000000204. The summed E-state index contributed by atoms with van der Waals surface area (Å²) in [7, 11) is -1.85. The zero-order valence-electron chi connectivity index (χ0n) is 39.1. The molecule has 1 atom stereocenters. The monoisotopic (exact) mass is 905 g/mol. The van der Waals surface area contributed by atoms with Crippen LogP contribution < -0.4 is 5.19 Å². The number of benzene rings is 3. The quantitative estimate of drug-likeness (QED) is 0.118. The van der Waals surface area contributed by atoms with E-state index in [-0.39, 0.29) is 42.8 Å². The van der Waals surface area contributed by atoms with Gasteiger partial charge in [-0.25, -0.2) is 0 Å². The molecule has 4 heterocycles. The molecule has 7 aromatic rings. The molecule has 0 aliphatic heterocycles. The van der Waals surface area contributed by atoms with Gasteiger partial charge in [0.2, 0.25) is 0 Å². The van der Waals surface area contributed by atoms with Gasteiger partial charge in [-0.15, -0.1) is 47.5 Å². The van der Waals surface area contributed by atoms with E-state index in [0.29, 0.717) is 44.6 Å². The van der Waals surface area contributed by atoms with Crippen LogP contribution in [0.25, 0.3) is 44.6 Å². The number of aryl methyl sites for hydroxylation is 2. The Morgan fingerprint density at radius 1 is 0.943 bits per heavy atom. The molecule has 4 nitrogen and oxygen atoms in total. The van der Waals surface area contributed by atoms with Crippen molar-refractivity contribution in [2.75, 3.05) is 0 Å². The van der Waals surface area contributed by atoms with E-state index in [4.69, 9.17) is 15.4 Å². The average molecular weight is 905 g/mol. The molecule has 0 amide bonds. The van der Waals surface area contributed by atoms with E-state index in [2.05, 4.69) is 46.7 Å². The SMILES string of the molecule is [2H]C([2H])([2H])c1c[c-]c(-c2cc(C([2H])(C)c3ccccc3)c([Si](C)(C)C)cn2)c(F)c1.[2H]C([2H])([2H])c1ccc2oc3c[c-]c(-c4cc(C([2H])([2H])C5CCCC5)ccn4)cc3c2n1.[Ir]. The molecule has 4 aromatic heterocycles. The van der Waals surface area contributed by atoms with Gasteiger partial charge >= 0.3 is 0 Å². The average Bonchev–Trinajstić information content (AvgIpc) is 3.89. The molecule has 0 saturated heterocycles. The summed E-state index contributed by atoms with van der Waals surface area (Å²) in [6.45, 7) is 3.69. The third kappa shape index (κ3) is 8.75. The Labute approximate surface area is 340 Å². The number of aromatic nitrogens is 3. The fraction of sp³-hybridized carbons (Fsp3) is 0.283. The smallest absolute Gasteiger partial charge is 0.139 e. The van der Waals surface area contributed by atoms with Crippen LogP contribution in [-0.4, -0.2) is 23.0 Å². The van der Waals surface area contributed by atoms with Gasteiger partial charge in [0.05, 0.1) is 19.2 Å². The van der Waals surface area contributed by atoms with E-state index in [1.165, 1.54) is 12.1 Å². The maximum absolute atomic E-state index is 14.8. The molecule has 0 N–H and O–H groups in total. The first-order valence-corrected chi connectivity index (χ1v) is 21.1. The molecule has 0 bridgehead atoms. The molecule has 1 aliphatic rings. The molecule has 8 rings (SSSR count). The van der Waals surface area contributed by atoms with Crippen molar-refractivity contribution in [3.05, 3.63) is 143 Å². The molecule has 53 heavy (non-hydrogen) atoms. The summed E-state index contributed by atoms with van der Waals surface area (Å²) in [5.41, 5.74) is 5.45.